The zero-order valence-electron chi connectivity index (χ0n) is 12.1. The summed E-state index contributed by atoms with van der Waals surface area (Å²) in [6.07, 6.45) is 1.76. The summed E-state index contributed by atoms with van der Waals surface area (Å²) >= 11 is 4.34. The van der Waals surface area contributed by atoms with Crippen molar-refractivity contribution < 1.29 is 4.74 Å². The summed E-state index contributed by atoms with van der Waals surface area (Å²) in [5.74, 6) is 1.41. The lowest BCUT2D eigenvalue weighted by Crippen LogP contribution is -2.44. The minimum absolute atomic E-state index is 0.654. The summed E-state index contributed by atoms with van der Waals surface area (Å²) in [6, 6.07) is 11.7. The summed E-state index contributed by atoms with van der Waals surface area (Å²) in [7, 11) is 2.15. The molecule has 1 aliphatic heterocycles. The fourth-order valence-electron chi connectivity index (χ4n) is 2.41. The van der Waals surface area contributed by atoms with E-state index in [0.29, 0.717) is 5.88 Å². The molecule has 2 heterocycles. The van der Waals surface area contributed by atoms with Gasteiger partial charge in [-0.3, -0.25) is 0 Å². The molecule has 1 aliphatic rings. The molecule has 1 saturated heterocycles. The number of hydrogen-bond acceptors (Lipinski definition) is 5. The first-order chi connectivity index (χ1) is 10.2. The second-order valence-corrected chi connectivity index (χ2v) is 5.73. The number of pyridine rings is 1. The van der Waals surface area contributed by atoms with Crippen LogP contribution in [0.3, 0.4) is 0 Å². The van der Waals surface area contributed by atoms with Crippen molar-refractivity contribution >= 4 is 18.3 Å². The van der Waals surface area contributed by atoms with Crippen molar-refractivity contribution in [2.24, 2.45) is 0 Å². The standard InChI is InChI=1S/C16H19N3OS/c1-18-8-10-19(11-9-18)15-6-3-7-17-16(15)20-13-4-2-5-14(21)12-13/h2-7,12,21H,8-11H2,1H3. The number of aromatic nitrogens is 1. The summed E-state index contributed by atoms with van der Waals surface area (Å²) in [4.78, 5) is 9.93. The fraction of sp³-hybridized carbons (Fsp3) is 0.312. The molecule has 2 aromatic rings. The second-order valence-electron chi connectivity index (χ2n) is 5.22. The number of nitrogens with zero attached hydrogens (tertiary/aromatic N) is 3. The Morgan fingerprint density at radius 2 is 1.90 bits per heavy atom. The number of likely N-dealkylation sites (N-methyl/N-ethyl adjacent to an activating group) is 1. The van der Waals surface area contributed by atoms with Gasteiger partial charge in [0, 0.05) is 37.3 Å². The molecule has 0 atom stereocenters. The van der Waals surface area contributed by atoms with Gasteiger partial charge in [-0.05, 0) is 37.4 Å². The number of rotatable bonds is 3. The van der Waals surface area contributed by atoms with Crippen molar-refractivity contribution in [1.29, 1.82) is 0 Å². The van der Waals surface area contributed by atoms with Gasteiger partial charge in [0.15, 0.2) is 0 Å². The highest BCUT2D eigenvalue weighted by Gasteiger charge is 2.18. The summed E-state index contributed by atoms with van der Waals surface area (Å²) in [5.41, 5.74) is 1.05. The number of ether oxygens (including phenoxy) is 1. The number of hydrogen-bond donors (Lipinski definition) is 1. The molecule has 3 rings (SSSR count). The van der Waals surface area contributed by atoms with Crippen LogP contribution in [0.5, 0.6) is 11.6 Å². The van der Waals surface area contributed by atoms with Crippen molar-refractivity contribution in [2.75, 3.05) is 38.1 Å². The Hall–Kier alpha value is -1.72. The van der Waals surface area contributed by atoms with E-state index in [0.717, 1.165) is 42.5 Å². The average Bonchev–Trinajstić information content (AvgIpc) is 2.49. The summed E-state index contributed by atoms with van der Waals surface area (Å²) in [5, 5.41) is 0. The Morgan fingerprint density at radius 1 is 1.10 bits per heavy atom. The average molecular weight is 301 g/mol. The van der Waals surface area contributed by atoms with Crippen LogP contribution in [0.1, 0.15) is 0 Å². The minimum Gasteiger partial charge on any atom is -0.437 e. The Bertz CT molecular complexity index is 612. The van der Waals surface area contributed by atoms with Crippen molar-refractivity contribution in [3.63, 3.8) is 0 Å². The molecule has 0 N–H and O–H groups in total. The molecule has 1 fully saturated rings. The van der Waals surface area contributed by atoms with Crippen LogP contribution in [-0.4, -0.2) is 43.1 Å². The molecule has 1 aromatic carbocycles. The minimum atomic E-state index is 0.654. The van der Waals surface area contributed by atoms with Crippen molar-refractivity contribution in [2.45, 2.75) is 4.90 Å². The van der Waals surface area contributed by atoms with E-state index in [4.69, 9.17) is 4.74 Å². The van der Waals surface area contributed by atoms with Crippen LogP contribution in [0.4, 0.5) is 5.69 Å². The SMILES string of the molecule is CN1CCN(c2cccnc2Oc2cccc(S)c2)CC1. The first-order valence-corrected chi connectivity index (χ1v) is 7.52. The number of piperazine rings is 1. The molecule has 0 spiro atoms. The van der Waals surface area contributed by atoms with Crippen LogP contribution in [0.15, 0.2) is 47.5 Å². The number of benzene rings is 1. The van der Waals surface area contributed by atoms with E-state index in [9.17, 15) is 0 Å². The zero-order chi connectivity index (χ0) is 14.7. The lowest BCUT2D eigenvalue weighted by molar-refractivity contribution is 0.311. The molecule has 110 valence electrons. The first-order valence-electron chi connectivity index (χ1n) is 7.08. The Morgan fingerprint density at radius 3 is 2.67 bits per heavy atom. The molecule has 21 heavy (non-hydrogen) atoms. The topological polar surface area (TPSA) is 28.6 Å². The Kier molecular flexibility index (Phi) is 4.31. The van der Waals surface area contributed by atoms with Crippen LogP contribution >= 0.6 is 12.6 Å². The van der Waals surface area contributed by atoms with Gasteiger partial charge < -0.3 is 14.5 Å². The van der Waals surface area contributed by atoms with Gasteiger partial charge in [-0.15, -0.1) is 12.6 Å². The number of thiol groups is 1. The highest BCUT2D eigenvalue weighted by molar-refractivity contribution is 7.80. The van der Waals surface area contributed by atoms with E-state index in [1.165, 1.54) is 0 Å². The van der Waals surface area contributed by atoms with Gasteiger partial charge in [0.2, 0.25) is 5.88 Å². The van der Waals surface area contributed by atoms with Gasteiger partial charge in [-0.1, -0.05) is 6.07 Å². The lowest BCUT2D eigenvalue weighted by Gasteiger charge is -2.34. The Labute approximate surface area is 130 Å². The molecular formula is C16H19N3OS. The predicted octanol–water partition coefficient (Wildman–Crippen LogP) is 2.91. The predicted molar refractivity (Wildman–Crippen MR) is 87.7 cm³/mol. The van der Waals surface area contributed by atoms with Crippen LogP contribution in [0.2, 0.25) is 0 Å². The van der Waals surface area contributed by atoms with Crippen LogP contribution in [0, 0.1) is 0 Å². The van der Waals surface area contributed by atoms with Crippen LogP contribution in [-0.2, 0) is 0 Å². The van der Waals surface area contributed by atoms with Crippen LogP contribution in [0.25, 0.3) is 0 Å². The zero-order valence-corrected chi connectivity index (χ0v) is 13.0. The maximum atomic E-state index is 5.96. The van der Waals surface area contributed by atoms with Gasteiger partial charge >= 0.3 is 0 Å². The van der Waals surface area contributed by atoms with Crippen molar-refractivity contribution in [3.05, 3.63) is 42.6 Å². The quantitative estimate of drug-likeness (QED) is 0.883. The molecule has 0 saturated carbocycles. The maximum absolute atomic E-state index is 5.96. The van der Waals surface area contributed by atoms with Crippen LogP contribution < -0.4 is 9.64 Å². The van der Waals surface area contributed by atoms with Gasteiger partial charge in [-0.25, -0.2) is 4.98 Å². The van der Waals surface area contributed by atoms with E-state index < -0.39 is 0 Å². The van der Waals surface area contributed by atoms with Gasteiger partial charge in [0.25, 0.3) is 0 Å². The largest absolute Gasteiger partial charge is 0.437 e. The lowest BCUT2D eigenvalue weighted by atomic mass is 10.3. The monoisotopic (exact) mass is 301 g/mol. The fourth-order valence-corrected chi connectivity index (χ4v) is 2.62. The van der Waals surface area contributed by atoms with E-state index in [-0.39, 0.29) is 0 Å². The normalized spacial score (nSPS) is 16.0. The molecule has 4 nitrogen and oxygen atoms in total. The van der Waals surface area contributed by atoms with E-state index in [1.807, 2.05) is 30.3 Å². The molecule has 1 aromatic heterocycles. The molecule has 0 amide bonds. The van der Waals surface area contributed by atoms with Crippen molar-refractivity contribution in [1.82, 2.24) is 9.88 Å². The van der Waals surface area contributed by atoms with Crippen molar-refractivity contribution in [3.8, 4) is 11.6 Å². The van der Waals surface area contributed by atoms with Gasteiger partial charge in [-0.2, -0.15) is 0 Å². The smallest absolute Gasteiger partial charge is 0.243 e. The van der Waals surface area contributed by atoms with E-state index >= 15 is 0 Å². The molecule has 5 heteroatoms. The molecular weight excluding hydrogens is 282 g/mol. The van der Waals surface area contributed by atoms with Gasteiger partial charge in [0.1, 0.15) is 11.4 Å². The summed E-state index contributed by atoms with van der Waals surface area (Å²) in [6.45, 7) is 4.09. The van der Waals surface area contributed by atoms with Gasteiger partial charge in [0.05, 0.1) is 0 Å². The van der Waals surface area contributed by atoms with E-state index in [2.05, 4.69) is 40.5 Å². The number of anilines is 1. The summed E-state index contributed by atoms with van der Waals surface area (Å²) < 4.78 is 5.96. The first kappa shape index (κ1) is 14.2. The molecule has 0 aliphatic carbocycles. The Balaban J connectivity index is 1.82. The van der Waals surface area contributed by atoms with E-state index in [1.54, 1.807) is 6.20 Å². The second kappa shape index (κ2) is 6.37. The third-order valence-electron chi connectivity index (χ3n) is 3.63. The maximum Gasteiger partial charge on any atom is 0.243 e. The third-order valence-corrected chi connectivity index (χ3v) is 3.91. The highest BCUT2D eigenvalue weighted by Crippen LogP contribution is 2.31. The molecule has 0 bridgehead atoms. The third kappa shape index (κ3) is 3.49. The molecule has 0 radical (unpaired) electrons. The molecule has 0 unspecified atom stereocenters. The highest BCUT2D eigenvalue weighted by atomic mass is 32.1.